The van der Waals surface area contributed by atoms with Crippen LogP contribution in [-0.2, 0) is 11.8 Å². The molecule has 1 unspecified atom stereocenters. The lowest BCUT2D eigenvalue weighted by molar-refractivity contribution is -0.115. The van der Waals surface area contributed by atoms with E-state index in [4.69, 9.17) is 0 Å². The molecule has 0 fully saturated rings. The molecule has 1 atom stereocenters. The van der Waals surface area contributed by atoms with Crippen LogP contribution in [0.25, 0.3) is 11.4 Å². The van der Waals surface area contributed by atoms with E-state index in [1.807, 2.05) is 45.2 Å². The lowest BCUT2D eigenvalue weighted by Crippen LogP contribution is -2.23. The van der Waals surface area contributed by atoms with Gasteiger partial charge in [0.1, 0.15) is 5.82 Å². The average Bonchev–Trinajstić information content (AvgIpc) is 2.98. The van der Waals surface area contributed by atoms with Gasteiger partial charge in [0.25, 0.3) is 0 Å². The summed E-state index contributed by atoms with van der Waals surface area (Å²) in [7, 11) is 1.83. The molecule has 1 heterocycles. The summed E-state index contributed by atoms with van der Waals surface area (Å²) < 4.78 is 14.9. The Balaban J connectivity index is 1.71. The van der Waals surface area contributed by atoms with Crippen LogP contribution in [0.4, 0.5) is 10.1 Å². The molecule has 0 spiro atoms. The molecule has 0 radical (unpaired) electrons. The second-order valence-electron chi connectivity index (χ2n) is 5.94. The van der Waals surface area contributed by atoms with Crippen LogP contribution in [-0.4, -0.2) is 25.9 Å². The van der Waals surface area contributed by atoms with Gasteiger partial charge in [-0.05, 0) is 49.7 Å². The predicted molar refractivity (Wildman–Crippen MR) is 102 cm³/mol. The van der Waals surface area contributed by atoms with E-state index in [2.05, 4.69) is 15.5 Å². The maximum Gasteiger partial charge on any atom is 0.237 e. The van der Waals surface area contributed by atoms with E-state index in [0.717, 1.165) is 16.8 Å². The van der Waals surface area contributed by atoms with Crippen molar-refractivity contribution in [1.82, 2.24) is 14.8 Å². The third-order valence-electron chi connectivity index (χ3n) is 3.99. The average molecular weight is 370 g/mol. The first-order chi connectivity index (χ1) is 12.5. The van der Waals surface area contributed by atoms with Gasteiger partial charge in [-0.1, -0.05) is 30.0 Å². The molecule has 0 saturated heterocycles. The highest BCUT2D eigenvalue weighted by atomic mass is 32.2. The third kappa shape index (κ3) is 3.94. The highest BCUT2D eigenvalue weighted by molar-refractivity contribution is 8.00. The molecular weight excluding hydrogens is 351 g/mol. The van der Waals surface area contributed by atoms with Crippen molar-refractivity contribution in [2.24, 2.45) is 7.05 Å². The van der Waals surface area contributed by atoms with Gasteiger partial charge in [-0.15, -0.1) is 10.2 Å². The summed E-state index contributed by atoms with van der Waals surface area (Å²) >= 11 is 1.33. The van der Waals surface area contributed by atoms with Crippen molar-refractivity contribution in [3.05, 3.63) is 59.9 Å². The Morgan fingerprint density at radius 3 is 2.54 bits per heavy atom. The number of amides is 1. The normalized spacial score (nSPS) is 12.0. The highest BCUT2D eigenvalue weighted by Crippen LogP contribution is 2.26. The van der Waals surface area contributed by atoms with Crippen LogP contribution < -0.4 is 5.32 Å². The molecule has 0 bridgehead atoms. The number of aromatic nitrogens is 3. The Morgan fingerprint density at radius 1 is 1.15 bits per heavy atom. The Hall–Kier alpha value is -2.67. The fourth-order valence-electron chi connectivity index (χ4n) is 2.43. The molecule has 1 N–H and O–H groups in total. The molecule has 5 nitrogen and oxygen atoms in total. The van der Waals surface area contributed by atoms with Gasteiger partial charge in [0.2, 0.25) is 5.91 Å². The Bertz CT molecular complexity index is 924. The maximum absolute atomic E-state index is 13.1. The zero-order valence-corrected chi connectivity index (χ0v) is 15.5. The lowest BCUT2D eigenvalue weighted by atomic mass is 10.2. The second-order valence-corrected chi connectivity index (χ2v) is 7.24. The van der Waals surface area contributed by atoms with Crippen LogP contribution in [0, 0.1) is 12.7 Å². The summed E-state index contributed by atoms with van der Waals surface area (Å²) in [6.45, 7) is 3.77. The van der Waals surface area contributed by atoms with Crippen LogP contribution in [0.15, 0.2) is 53.7 Å². The van der Waals surface area contributed by atoms with Gasteiger partial charge in [0.05, 0.1) is 5.25 Å². The standard InChI is InChI=1S/C19H19FN4OS/c1-12-6-4-5-7-16(12)21-18(25)13(2)26-19-23-22-17(24(19)3)14-8-10-15(20)11-9-14/h4-11,13H,1-3H3,(H,21,25). The second kappa shape index (κ2) is 7.70. The number of nitrogens with one attached hydrogen (secondary N) is 1. The van der Waals surface area contributed by atoms with Gasteiger partial charge < -0.3 is 9.88 Å². The van der Waals surface area contributed by atoms with Gasteiger partial charge in [-0.2, -0.15) is 0 Å². The maximum atomic E-state index is 13.1. The van der Waals surface area contributed by atoms with E-state index >= 15 is 0 Å². The Kier molecular flexibility index (Phi) is 5.37. The number of hydrogen-bond donors (Lipinski definition) is 1. The minimum absolute atomic E-state index is 0.101. The first-order valence-corrected chi connectivity index (χ1v) is 9.02. The summed E-state index contributed by atoms with van der Waals surface area (Å²) in [5.41, 5.74) is 2.58. The zero-order valence-electron chi connectivity index (χ0n) is 14.7. The molecule has 0 aliphatic rings. The third-order valence-corrected chi connectivity index (χ3v) is 5.13. The molecule has 0 aliphatic carbocycles. The molecule has 7 heteroatoms. The van der Waals surface area contributed by atoms with E-state index < -0.39 is 0 Å². The summed E-state index contributed by atoms with van der Waals surface area (Å²) in [5.74, 6) is 0.224. The molecule has 3 aromatic rings. The quantitative estimate of drug-likeness (QED) is 0.689. The number of carbonyl (C=O) groups excluding carboxylic acids is 1. The van der Waals surface area contributed by atoms with E-state index in [9.17, 15) is 9.18 Å². The SMILES string of the molecule is Cc1ccccc1NC(=O)C(C)Sc1nnc(-c2ccc(F)cc2)n1C. The number of para-hydroxylation sites is 1. The van der Waals surface area contributed by atoms with Gasteiger partial charge in [0.15, 0.2) is 11.0 Å². The molecule has 26 heavy (non-hydrogen) atoms. The number of anilines is 1. The van der Waals surface area contributed by atoms with E-state index in [1.165, 1.54) is 23.9 Å². The number of thioether (sulfide) groups is 1. The number of rotatable bonds is 5. The van der Waals surface area contributed by atoms with Gasteiger partial charge in [0, 0.05) is 18.3 Å². The minimum Gasteiger partial charge on any atom is -0.325 e. The molecule has 2 aromatic carbocycles. The van der Waals surface area contributed by atoms with E-state index in [0.29, 0.717) is 11.0 Å². The smallest absolute Gasteiger partial charge is 0.237 e. The van der Waals surface area contributed by atoms with Gasteiger partial charge in [-0.25, -0.2) is 4.39 Å². The van der Waals surface area contributed by atoms with Crippen LogP contribution in [0.1, 0.15) is 12.5 Å². The monoisotopic (exact) mass is 370 g/mol. The molecule has 0 saturated carbocycles. The fourth-order valence-corrected chi connectivity index (χ4v) is 3.24. The molecule has 0 aliphatic heterocycles. The van der Waals surface area contributed by atoms with Gasteiger partial charge in [-0.3, -0.25) is 4.79 Å². The topological polar surface area (TPSA) is 59.8 Å². The van der Waals surface area contributed by atoms with Crippen molar-refractivity contribution >= 4 is 23.4 Å². The first-order valence-electron chi connectivity index (χ1n) is 8.14. The summed E-state index contributed by atoms with van der Waals surface area (Å²) in [5, 5.41) is 11.5. The van der Waals surface area contributed by atoms with Gasteiger partial charge >= 0.3 is 0 Å². The van der Waals surface area contributed by atoms with Crippen molar-refractivity contribution in [2.45, 2.75) is 24.3 Å². The summed E-state index contributed by atoms with van der Waals surface area (Å²) in [4.78, 5) is 12.5. The summed E-state index contributed by atoms with van der Waals surface area (Å²) in [6, 6.07) is 13.7. The lowest BCUT2D eigenvalue weighted by Gasteiger charge is -2.13. The van der Waals surface area contributed by atoms with Crippen molar-refractivity contribution in [1.29, 1.82) is 0 Å². The van der Waals surface area contributed by atoms with Crippen molar-refractivity contribution < 1.29 is 9.18 Å². The van der Waals surface area contributed by atoms with Crippen LogP contribution in [0.5, 0.6) is 0 Å². The Morgan fingerprint density at radius 2 is 1.85 bits per heavy atom. The molecular formula is C19H19FN4OS. The predicted octanol–water partition coefficient (Wildman–Crippen LogP) is 4.05. The molecule has 1 amide bonds. The van der Waals surface area contributed by atoms with Crippen LogP contribution in [0.3, 0.4) is 0 Å². The molecule has 134 valence electrons. The molecule has 3 rings (SSSR count). The van der Waals surface area contributed by atoms with Crippen molar-refractivity contribution in [2.75, 3.05) is 5.32 Å². The number of nitrogens with zero attached hydrogens (tertiary/aromatic N) is 3. The van der Waals surface area contributed by atoms with Crippen molar-refractivity contribution in [3.63, 3.8) is 0 Å². The largest absolute Gasteiger partial charge is 0.325 e. The number of halogens is 1. The fraction of sp³-hybridized carbons (Fsp3) is 0.211. The molecule has 1 aromatic heterocycles. The Labute approximate surface area is 155 Å². The minimum atomic E-state index is -0.349. The zero-order chi connectivity index (χ0) is 18.7. The first kappa shape index (κ1) is 18.1. The number of benzene rings is 2. The van der Waals surface area contributed by atoms with Crippen LogP contribution in [0.2, 0.25) is 0 Å². The van der Waals surface area contributed by atoms with Crippen LogP contribution >= 0.6 is 11.8 Å². The van der Waals surface area contributed by atoms with Crippen molar-refractivity contribution in [3.8, 4) is 11.4 Å². The van der Waals surface area contributed by atoms with E-state index in [1.54, 1.807) is 16.7 Å². The number of aryl methyl sites for hydroxylation is 1. The summed E-state index contributed by atoms with van der Waals surface area (Å²) in [6.07, 6.45) is 0. The highest BCUT2D eigenvalue weighted by Gasteiger charge is 2.20. The van der Waals surface area contributed by atoms with E-state index in [-0.39, 0.29) is 17.0 Å². The number of hydrogen-bond acceptors (Lipinski definition) is 4. The number of carbonyl (C=O) groups is 1.